The molecule has 1 atom stereocenters. The molecule has 0 radical (unpaired) electrons. The van der Waals surface area contributed by atoms with Gasteiger partial charge in [0.05, 0.1) is 5.84 Å². The average molecular weight is 235 g/mol. The molecule has 1 amide bonds. The molecule has 17 heavy (non-hydrogen) atoms. The van der Waals surface area contributed by atoms with Crippen molar-refractivity contribution in [2.24, 2.45) is 5.73 Å². The maximum absolute atomic E-state index is 11.7. The van der Waals surface area contributed by atoms with Gasteiger partial charge >= 0.3 is 6.09 Å². The van der Waals surface area contributed by atoms with Crippen LogP contribution in [0.25, 0.3) is 0 Å². The van der Waals surface area contributed by atoms with E-state index in [1.165, 1.54) is 4.90 Å². The van der Waals surface area contributed by atoms with E-state index in [1.807, 2.05) is 13.0 Å². The van der Waals surface area contributed by atoms with Crippen molar-refractivity contribution in [3.05, 3.63) is 30.3 Å². The quantitative estimate of drug-likeness (QED) is 0.617. The van der Waals surface area contributed by atoms with Gasteiger partial charge in [-0.2, -0.15) is 0 Å². The number of para-hydroxylation sites is 1. The van der Waals surface area contributed by atoms with E-state index in [0.29, 0.717) is 12.2 Å². The van der Waals surface area contributed by atoms with Gasteiger partial charge in [0.15, 0.2) is 0 Å². The topological polar surface area (TPSA) is 79.4 Å². The second-order valence-electron chi connectivity index (χ2n) is 3.87. The summed E-state index contributed by atoms with van der Waals surface area (Å²) >= 11 is 0. The first-order valence-corrected chi connectivity index (χ1v) is 5.33. The lowest BCUT2D eigenvalue weighted by Crippen LogP contribution is -2.39. The van der Waals surface area contributed by atoms with Crippen LogP contribution >= 0.6 is 0 Å². The summed E-state index contributed by atoms with van der Waals surface area (Å²) in [6.07, 6.45) is -0.120. The standard InChI is InChI=1S/C12H17N3O2/c1-9(8-11(13)14)15(2)12(16)17-10-6-4-3-5-7-10/h3-7,9H,8H2,1-2H3,(H3,13,14). The fourth-order valence-corrected chi connectivity index (χ4v) is 1.30. The Balaban J connectivity index is 2.55. The molecule has 5 heteroatoms. The van der Waals surface area contributed by atoms with E-state index in [4.69, 9.17) is 15.9 Å². The van der Waals surface area contributed by atoms with E-state index in [0.717, 1.165) is 0 Å². The summed E-state index contributed by atoms with van der Waals surface area (Å²) in [4.78, 5) is 13.2. The molecule has 0 heterocycles. The van der Waals surface area contributed by atoms with Crippen LogP contribution in [-0.4, -0.2) is 29.9 Å². The highest BCUT2D eigenvalue weighted by atomic mass is 16.6. The van der Waals surface area contributed by atoms with Crippen molar-refractivity contribution >= 4 is 11.9 Å². The Morgan fingerprint density at radius 1 is 1.47 bits per heavy atom. The predicted octanol–water partition coefficient (Wildman–Crippen LogP) is 1.83. The van der Waals surface area contributed by atoms with E-state index >= 15 is 0 Å². The minimum absolute atomic E-state index is 0.0526. The van der Waals surface area contributed by atoms with E-state index < -0.39 is 6.09 Å². The van der Waals surface area contributed by atoms with Gasteiger partial charge in [0.25, 0.3) is 0 Å². The molecule has 3 N–H and O–H groups in total. The maximum Gasteiger partial charge on any atom is 0.415 e. The number of ether oxygens (including phenoxy) is 1. The van der Waals surface area contributed by atoms with Crippen LogP contribution in [0.3, 0.4) is 0 Å². The monoisotopic (exact) mass is 235 g/mol. The van der Waals surface area contributed by atoms with Gasteiger partial charge in [-0.05, 0) is 19.1 Å². The molecule has 1 rings (SSSR count). The lowest BCUT2D eigenvalue weighted by molar-refractivity contribution is 0.150. The van der Waals surface area contributed by atoms with Gasteiger partial charge in [-0.1, -0.05) is 18.2 Å². The number of benzene rings is 1. The van der Waals surface area contributed by atoms with Crippen LogP contribution in [0, 0.1) is 5.41 Å². The van der Waals surface area contributed by atoms with Gasteiger partial charge in [-0.15, -0.1) is 0 Å². The molecule has 0 saturated heterocycles. The van der Waals surface area contributed by atoms with Gasteiger partial charge < -0.3 is 15.4 Å². The van der Waals surface area contributed by atoms with Crippen molar-refractivity contribution in [3.63, 3.8) is 0 Å². The maximum atomic E-state index is 11.7. The Morgan fingerprint density at radius 2 is 2.06 bits per heavy atom. The highest BCUT2D eigenvalue weighted by molar-refractivity contribution is 5.78. The second-order valence-corrected chi connectivity index (χ2v) is 3.87. The zero-order valence-corrected chi connectivity index (χ0v) is 10.0. The van der Waals surface area contributed by atoms with E-state index in [9.17, 15) is 4.79 Å². The third-order valence-corrected chi connectivity index (χ3v) is 2.41. The van der Waals surface area contributed by atoms with Crippen LogP contribution in [0.1, 0.15) is 13.3 Å². The van der Waals surface area contributed by atoms with Crippen LogP contribution in [0.15, 0.2) is 30.3 Å². The van der Waals surface area contributed by atoms with Gasteiger partial charge in [0.2, 0.25) is 0 Å². The number of hydrogen-bond acceptors (Lipinski definition) is 3. The molecule has 1 aromatic rings. The molecule has 0 saturated carbocycles. The van der Waals surface area contributed by atoms with Crippen molar-refractivity contribution in [1.82, 2.24) is 4.90 Å². The summed E-state index contributed by atoms with van der Waals surface area (Å²) in [5.74, 6) is 0.552. The van der Waals surface area contributed by atoms with Crippen LogP contribution in [0.5, 0.6) is 5.75 Å². The first kappa shape index (κ1) is 13.0. The highest BCUT2D eigenvalue weighted by Gasteiger charge is 2.18. The van der Waals surface area contributed by atoms with Crippen molar-refractivity contribution in [2.45, 2.75) is 19.4 Å². The normalized spacial score (nSPS) is 11.6. The lowest BCUT2D eigenvalue weighted by atomic mass is 10.2. The zero-order chi connectivity index (χ0) is 12.8. The molecule has 1 aromatic carbocycles. The number of amidine groups is 1. The van der Waals surface area contributed by atoms with Crippen LogP contribution in [0.4, 0.5) is 4.79 Å². The molecule has 0 fully saturated rings. The number of nitrogens with zero attached hydrogens (tertiary/aromatic N) is 1. The molecule has 1 unspecified atom stereocenters. The van der Waals surface area contributed by atoms with Crippen LogP contribution in [0.2, 0.25) is 0 Å². The Hall–Kier alpha value is -2.04. The first-order valence-electron chi connectivity index (χ1n) is 5.33. The van der Waals surface area contributed by atoms with Crippen molar-refractivity contribution in [1.29, 1.82) is 5.41 Å². The number of carbonyl (C=O) groups is 1. The molecule has 0 aliphatic heterocycles. The first-order chi connectivity index (χ1) is 8.00. The van der Waals surface area contributed by atoms with Crippen LogP contribution < -0.4 is 10.5 Å². The molecule has 0 aliphatic rings. The second kappa shape index (κ2) is 5.89. The van der Waals surface area contributed by atoms with E-state index in [1.54, 1.807) is 31.3 Å². The Kier molecular flexibility index (Phi) is 4.51. The number of rotatable bonds is 4. The zero-order valence-electron chi connectivity index (χ0n) is 10.0. The fourth-order valence-electron chi connectivity index (χ4n) is 1.30. The minimum atomic E-state index is -0.454. The number of nitrogens with two attached hydrogens (primary N) is 1. The summed E-state index contributed by atoms with van der Waals surface area (Å²) in [6.45, 7) is 1.81. The average Bonchev–Trinajstić information content (AvgIpc) is 2.28. The van der Waals surface area contributed by atoms with Gasteiger partial charge in [0.1, 0.15) is 5.75 Å². The summed E-state index contributed by atoms with van der Waals surface area (Å²) in [6, 6.07) is 8.69. The fraction of sp³-hybridized carbons (Fsp3) is 0.333. The smallest absolute Gasteiger partial charge is 0.410 e. The van der Waals surface area contributed by atoms with Crippen molar-refractivity contribution in [3.8, 4) is 5.75 Å². The number of carbonyl (C=O) groups excluding carboxylic acids is 1. The highest BCUT2D eigenvalue weighted by Crippen LogP contribution is 2.11. The molecular weight excluding hydrogens is 218 g/mol. The summed E-state index contributed by atoms with van der Waals surface area (Å²) < 4.78 is 5.15. The molecule has 0 bridgehead atoms. The number of hydrogen-bond donors (Lipinski definition) is 2. The Morgan fingerprint density at radius 3 is 2.59 bits per heavy atom. The van der Waals surface area contributed by atoms with Gasteiger partial charge in [-0.25, -0.2) is 4.79 Å². The molecular formula is C12H17N3O2. The van der Waals surface area contributed by atoms with Crippen molar-refractivity contribution < 1.29 is 9.53 Å². The Bertz CT molecular complexity index is 392. The SMILES string of the molecule is CC(CC(=N)N)N(C)C(=O)Oc1ccccc1. The van der Waals surface area contributed by atoms with Gasteiger partial charge in [0, 0.05) is 19.5 Å². The number of amides is 1. The summed E-state index contributed by atoms with van der Waals surface area (Å²) in [7, 11) is 1.62. The lowest BCUT2D eigenvalue weighted by Gasteiger charge is -2.23. The van der Waals surface area contributed by atoms with E-state index in [-0.39, 0.29) is 11.9 Å². The summed E-state index contributed by atoms with van der Waals surface area (Å²) in [5.41, 5.74) is 5.29. The predicted molar refractivity (Wildman–Crippen MR) is 66.2 cm³/mol. The molecule has 0 aromatic heterocycles. The van der Waals surface area contributed by atoms with Crippen molar-refractivity contribution in [2.75, 3.05) is 7.05 Å². The van der Waals surface area contributed by atoms with Crippen LogP contribution in [-0.2, 0) is 0 Å². The molecule has 92 valence electrons. The van der Waals surface area contributed by atoms with E-state index in [2.05, 4.69) is 0 Å². The third-order valence-electron chi connectivity index (χ3n) is 2.41. The minimum Gasteiger partial charge on any atom is -0.410 e. The number of nitrogens with one attached hydrogen (secondary N) is 1. The molecule has 5 nitrogen and oxygen atoms in total. The largest absolute Gasteiger partial charge is 0.415 e. The summed E-state index contributed by atoms with van der Waals surface area (Å²) in [5, 5.41) is 7.18. The molecule has 0 spiro atoms. The van der Waals surface area contributed by atoms with Gasteiger partial charge in [-0.3, -0.25) is 5.41 Å². The third kappa shape index (κ3) is 4.14. The Labute approximate surface area is 101 Å². The molecule has 0 aliphatic carbocycles.